The van der Waals surface area contributed by atoms with E-state index in [0.29, 0.717) is 13.2 Å². The number of anilines is 1. The molecule has 0 spiro atoms. The van der Waals surface area contributed by atoms with Crippen molar-refractivity contribution in [3.05, 3.63) is 58.6 Å². The van der Waals surface area contributed by atoms with Gasteiger partial charge in [-0.25, -0.2) is 0 Å². The number of rotatable bonds is 6. The van der Waals surface area contributed by atoms with E-state index in [1.54, 1.807) is 0 Å². The number of quaternary nitrogens is 1. The summed E-state index contributed by atoms with van der Waals surface area (Å²) >= 11 is 6.18. The molecule has 0 bridgehead atoms. The van der Waals surface area contributed by atoms with Gasteiger partial charge >= 0.3 is 0 Å². The highest BCUT2D eigenvalue weighted by Crippen LogP contribution is 2.25. The van der Waals surface area contributed by atoms with E-state index in [-0.39, 0.29) is 0 Å². The van der Waals surface area contributed by atoms with Gasteiger partial charge < -0.3 is 19.6 Å². The van der Waals surface area contributed by atoms with Crippen LogP contribution in [0.25, 0.3) is 0 Å². The van der Waals surface area contributed by atoms with Crippen LogP contribution in [0.1, 0.15) is 11.1 Å². The van der Waals surface area contributed by atoms with E-state index in [1.807, 2.05) is 32.0 Å². The predicted molar refractivity (Wildman–Crippen MR) is 107 cm³/mol. The van der Waals surface area contributed by atoms with Gasteiger partial charge in [-0.05, 0) is 49.2 Å². The monoisotopic (exact) mass is 375 g/mol. The van der Waals surface area contributed by atoms with Crippen LogP contribution < -0.4 is 14.5 Å². The molecule has 0 unspecified atom stereocenters. The maximum absolute atomic E-state index is 10.4. The number of piperazine rings is 1. The highest BCUT2D eigenvalue weighted by molar-refractivity contribution is 6.32. The maximum Gasteiger partial charge on any atom is 0.137 e. The van der Waals surface area contributed by atoms with Crippen molar-refractivity contribution < 1.29 is 14.7 Å². The summed E-state index contributed by atoms with van der Waals surface area (Å²) in [6.45, 7) is 9.06. The Morgan fingerprint density at radius 3 is 2.35 bits per heavy atom. The Hall–Kier alpha value is -1.75. The summed E-state index contributed by atoms with van der Waals surface area (Å²) in [7, 11) is 0. The third-order valence-electron chi connectivity index (χ3n) is 4.97. The normalized spacial score (nSPS) is 16.5. The van der Waals surface area contributed by atoms with E-state index in [9.17, 15) is 5.11 Å². The first-order chi connectivity index (χ1) is 12.5. The summed E-state index contributed by atoms with van der Waals surface area (Å²) in [6.07, 6.45) is -0.468. The number of hydrogen-bond acceptors (Lipinski definition) is 3. The van der Waals surface area contributed by atoms with Crippen LogP contribution in [0.15, 0.2) is 42.5 Å². The molecule has 2 N–H and O–H groups in total. The lowest BCUT2D eigenvalue weighted by Crippen LogP contribution is -3.16. The molecule has 140 valence electrons. The lowest BCUT2D eigenvalue weighted by molar-refractivity contribution is -0.903. The molecular weight excluding hydrogens is 348 g/mol. The Labute approximate surface area is 160 Å². The molecule has 0 radical (unpaired) electrons. The zero-order valence-electron chi connectivity index (χ0n) is 15.5. The van der Waals surface area contributed by atoms with Gasteiger partial charge in [0, 0.05) is 10.7 Å². The van der Waals surface area contributed by atoms with Crippen LogP contribution in [0.4, 0.5) is 5.69 Å². The number of aliphatic hydroxyl groups is 1. The van der Waals surface area contributed by atoms with Crippen LogP contribution in [0, 0.1) is 13.8 Å². The van der Waals surface area contributed by atoms with Crippen LogP contribution in [-0.4, -0.2) is 50.5 Å². The molecule has 1 aliphatic rings. The Morgan fingerprint density at radius 2 is 1.73 bits per heavy atom. The first-order valence-corrected chi connectivity index (χ1v) is 9.62. The molecule has 1 saturated heterocycles. The minimum Gasteiger partial charge on any atom is -0.491 e. The minimum absolute atomic E-state index is 0.312. The zero-order valence-corrected chi connectivity index (χ0v) is 16.3. The van der Waals surface area contributed by atoms with E-state index in [2.05, 4.69) is 29.2 Å². The van der Waals surface area contributed by atoms with Crippen molar-refractivity contribution in [3.63, 3.8) is 0 Å². The average molecular weight is 376 g/mol. The van der Waals surface area contributed by atoms with Crippen LogP contribution in [0.2, 0.25) is 5.02 Å². The van der Waals surface area contributed by atoms with E-state index >= 15 is 0 Å². The van der Waals surface area contributed by atoms with Crippen molar-refractivity contribution in [2.24, 2.45) is 0 Å². The van der Waals surface area contributed by atoms with E-state index in [4.69, 9.17) is 16.3 Å². The van der Waals surface area contributed by atoms with Crippen molar-refractivity contribution in [1.29, 1.82) is 0 Å². The molecule has 2 aromatic rings. The van der Waals surface area contributed by atoms with E-state index in [1.165, 1.54) is 10.6 Å². The molecular formula is C21H28ClN2O2+. The highest BCUT2D eigenvalue weighted by Gasteiger charge is 2.22. The van der Waals surface area contributed by atoms with Gasteiger partial charge in [0.05, 0.1) is 26.2 Å². The van der Waals surface area contributed by atoms with Crippen molar-refractivity contribution in [2.45, 2.75) is 20.0 Å². The van der Waals surface area contributed by atoms with Gasteiger partial charge in [0.1, 0.15) is 25.0 Å². The molecule has 1 fully saturated rings. The molecule has 0 amide bonds. The zero-order chi connectivity index (χ0) is 18.5. The SMILES string of the molecule is Cc1cc(OC[C@@H](O)C[NH+]2CCN(c3ccccc3)CC2)cc(C)c1Cl. The molecule has 1 atom stereocenters. The Balaban J connectivity index is 1.44. The van der Waals surface area contributed by atoms with Gasteiger partial charge in [-0.3, -0.25) is 0 Å². The van der Waals surface area contributed by atoms with E-state index in [0.717, 1.165) is 48.1 Å². The topological polar surface area (TPSA) is 37.1 Å². The minimum atomic E-state index is -0.468. The first kappa shape index (κ1) is 19.0. The summed E-state index contributed by atoms with van der Waals surface area (Å²) < 4.78 is 5.78. The number of para-hydroxylation sites is 1. The number of benzene rings is 2. The number of aliphatic hydroxyl groups excluding tert-OH is 1. The predicted octanol–water partition coefficient (Wildman–Crippen LogP) is 2.10. The van der Waals surface area contributed by atoms with Gasteiger partial charge in [-0.15, -0.1) is 0 Å². The van der Waals surface area contributed by atoms with Gasteiger partial charge in [0.2, 0.25) is 0 Å². The summed E-state index contributed by atoms with van der Waals surface area (Å²) in [5.41, 5.74) is 3.28. The molecule has 2 aromatic carbocycles. The van der Waals surface area contributed by atoms with Gasteiger partial charge in [0.15, 0.2) is 0 Å². The number of halogens is 1. The number of ether oxygens (including phenoxy) is 1. The molecule has 0 aliphatic carbocycles. The quantitative estimate of drug-likeness (QED) is 0.812. The van der Waals surface area contributed by atoms with Gasteiger partial charge in [-0.2, -0.15) is 0 Å². The van der Waals surface area contributed by atoms with Crippen LogP contribution in [0.5, 0.6) is 5.75 Å². The second-order valence-corrected chi connectivity index (χ2v) is 7.49. The second kappa shape index (κ2) is 8.76. The van der Waals surface area contributed by atoms with Crippen molar-refractivity contribution in [1.82, 2.24) is 0 Å². The van der Waals surface area contributed by atoms with E-state index < -0.39 is 6.10 Å². The van der Waals surface area contributed by atoms with Crippen LogP contribution in [-0.2, 0) is 0 Å². The van der Waals surface area contributed by atoms with Crippen LogP contribution in [0.3, 0.4) is 0 Å². The summed E-state index contributed by atoms with van der Waals surface area (Å²) in [5.74, 6) is 0.771. The maximum atomic E-state index is 10.4. The molecule has 0 aromatic heterocycles. The fourth-order valence-corrected chi connectivity index (χ4v) is 3.61. The first-order valence-electron chi connectivity index (χ1n) is 9.24. The fraction of sp³-hybridized carbons (Fsp3) is 0.429. The van der Waals surface area contributed by atoms with Gasteiger partial charge in [-0.1, -0.05) is 29.8 Å². The molecule has 1 heterocycles. The summed E-state index contributed by atoms with van der Waals surface area (Å²) in [6, 6.07) is 14.4. The molecule has 3 rings (SSSR count). The van der Waals surface area contributed by atoms with Crippen molar-refractivity contribution >= 4 is 17.3 Å². The largest absolute Gasteiger partial charge is 0.491 e. The second-order valence-electron chi connectivity index (χ2n) is 7.11. The molecule has 5 heteroatoms. The Bertz CT molecular complexity index is 692. The average Bonchev–Trinajstić information content (AvgIpc) is 2.65. The van der Waals surface area contributed by atoms with Crippen molar-refractivity contribution in [2.75, 3.05) is 44.2 Å². The molecule has 4 nitrogen and oxygen atoms in total. The highest BCUT2D eigenvalue weighted by atomic mass is 35.5. The number of aryl methyl sites for hydroxylation is 2. The number of hydrogen-bond donors (Lipinski definition) is 2. The lowest BCUT2D eigenvalue weighted by atomic mass is 10.1. The third kappa shape index (κ3) is 4.91. The molecule has 1 aliphatic heterocycles. The number of nitrogens with one attached hydrogen (secondary N) is 1. The Kier molecular flexibility index (Phi) is 6.41. The summed E-state index contributed by atoms with van der Waals surface area (Å²) in [5, 5.41) is 11.1. The summed E-state index contributed by atoms with van der Waals surface area (Å²) in [4.78, 5) is 3.84. The molecule has 26 heavy (non-hydrogen) atoms. The standard InChI is InChI=1S/C21H27ClN2O2/c1-16-12-20(13-17(2)21(16)22)26-15-19(25)14-23-8-10-24(11-9-23)18-6-4-3-5-7-18/h3-7,12-13,19,25H,8-11,14-15H2,1-2H3/p+1/t19-/m0/s1. The molecule has 0 saturated carbocycles. The van der Waals surface area contributed by atoms with Gasteiger partial charge in [0.25, 0.3) is 0 Å². The lowest BCUT2D eigenvalue weighted by Gasteiger charge is -2.34. The van der Waals surface area contributed by atoms with Crippen molar-refractivity contribution in [3.8, 4) is 5.75 Å². The number of nitrogens with zero attached hydrogens (tertiary/aromatic N) is 1. The fourth-order valence-electron chi connectivity index (χ4n) is 3.50. The Morgan fingerprint density at radius 1 is 1.12 bits per heavy atom. The van der Waals surface area contributed by atoms with Crippen LogP contribution >= 0.6 is 11.6 Å². The third-order valence-corrected chi connectivity index (χ3v) is 5.56. The smallest absolute Gasteiger partial charge is 0.137 e.